The Kier molecular flexibility index (Phi) is 4.25. The third-order valence-electron chi connectivity index (χ3n) is 6.33. The largest absolute Gasteiger partial charge is 0.507 e. The number of hydrogen-bond donors (Lipinski definition) is 2. The minimum Gasteiger partial charge on any atom is -0.507 e. The number of hydrogen-bond acceptors (Lipinski definition) is 5. The molecule has 0 spiro atoms. The molecule has 2 fully saturated rings. The Bertz CT molecular complexity index is 1110. The third-order valence-corrected chi connectivity index (χ3v) is 6.33. The number of imidazole rings is 1. The highest BCUT2D eigenvalue weighted by Gasteiger charge is 2.52. The van der Waals surface area contributed by atoms with E-state index in [0.717, 1.165) is 24.1 Å². The number of nitrogens with one attached hydrogen (secondary N) is 1. The average molecular weight is 405 g/mol. The van der Waals surface area contributed by atoms with Gasteiger partial charge in [-0.1, -0.05) is 0 Å². The number of phenolic OH excluding ortho intramolecular Hbond substituents is 1. The maximum atomic E-state index is 15.1. The van der Waals surface area contributed by atoms with Crippen molar-refractivity contribution in [1.82, 2.24) is 24.8 Å². The first-order chi connectivity index (χ1) is 14.4. The number of aromatic hydroxyl groups is 1. The lowest BCUT2D eigenvalue weighted by Crippen LogP contribution is -2.57. The Balaban J connectivity index is 1.41. The lowest BCUT2D eigenvalue weighted by atomic mass is 9.82. The number of fused-ring (bicyclic) bond motifs is 2. The quantitative estimate of drug-likeness (QED) is 0.687. The van der Waals surface area contributed by atoms with Gasteiger partial charge in [0.25, 0.3) is 0 Å². The van der Waals surface area contributed by atoms with Crippen LogP contribution in [0, 0.1) is 0 Å². The lowest BCUT2D eigenvalue weighted by molar-refractivity contribution is 0.160. The smallest absolute Gasteiger partial charge is 0.139 e. The molecular formula is C23H24FN5O. The third kappa shape index (κ3) is 3.19. The van der Waals surface area contributed by atoms with Gasteiger partial charge in [-0.05, 0) is 56.9 Å². The molecule has 3 atom stereocenters. The first-order valence-corrected chi connectivity index (χ1v) is 10.1. The van der Waals surface area contributed by atoms with Gasteiger partial charge in [0.15, 0.2) is 0 Å². The standard InChI is InChI=1S/C23H24FN5O/c1-22-5-6-23(2,28-22)21(24)15(11-22)9-16-12-27-19(13-26-16)18-4-3-17(10-20(18)30)29-8-7-25-14-29/h3-4,7-10,12-14,21,28,30H,5-6,11H2,1-2H3/b15-9-/t21-,22-,23+/m0/s1. The molecule has 5 rings (SSSR count). The van der Waals surface area contributed by atoms with Gasteiger partial charge in [-0.25, -0.2) is 9.37 Å². The Morgan fingerprint density at radius 2 is 2.10 bits per heavy atom. The Labute approximate surface area is 174 Å². The van der Waals surface area contributed by atoms with E-state index in [1.807, 2.05) is 29.8 Å². The first kappa shape index (κ1) is 18.9. The molecule has 2 N–H and O–H groups in total. The van der Waals surface area contributed by atoms with Gasteiger partial charge >= 0.3 is 0 Å². The van der Waals surface area contributed by atoms with Gasteiger partial charge in [0.05, 0.1) is 41.3 Å². The first-order valence-electron chi connectivity index (χ1n) is 10.1. The molecule has 1 aromatic carbocycles. The fourth-order valence-electron chi connectivity index (χ4n) is 4.80. The minimum absolute atomic E-state index is 0.0562. The molecule has 0 radical (unpaired) electrons. The van der Waals surface area contributed by atoms with Crippen LogP contribution in [0.4, 0.5) is 4.39 Å². The van der Waals surface area contributed by atoms with Crippen molar-refractivity contribution >= 4 is 6.08 Å². The summed E-state index contributed by atoms with van der Waals surface area (Å²) in [6, 6.07) is 5.35. The molecule has 0 unspecified atom stereocenters. The molecule has 3 aromatic rings. The average Bonchev–Trinajstić information content (AvgIpc) is 3.34. The van der Waals surface area contributed by atoms with Crippen molar-refractivity contribution in [3.05, 3.63) is 60.6 Å². The van der Waals surface area contributed by atoms with Crippen molar-refractivity contribution in [3.8, 4) is 22.7 Å². The topological polar surface area (TPSA) is 75.9 Å². The number of rotatable bonds is 3. The summed E-state index contributed by atoms with van der Waals surface area (Å²) in [6.45, 7) is 4.11. The molecule has 154 valence electrons. The van der Waals surface area contributed by atoms with E-state index in [1.54, 1.807) is 37.1 Å². The Morgan fingerprint density at radius 3 is 2.80 bits per heavy atom. The van der Waals surface area contributed by atoms with Crippen molar-refractivity contribution in [3.63, 3.8) is 0 Å². The van der Waals surface area contributed by atoms with Crippen molar-refractivity contribution in [1.29, 1.82) is 0 Å². The predicted molar refractivity (Wildman–Crippen MR) is 113 cm³/mol. The van der Waals surface area contributed by atoms with E-state index in [4.69, 9.17) is 0 Å². The van der Waals surface area contributed by atoms with E-state index in [-0.39, 0.29) is 11.3 Å². The second-order valence-corrected chi connectivity index (χ2v) is 8.86. The van der Waals surface area contributed by atoms with E-state index in [2.05, 4.69) is 27.2 Å². The summed E-state index contributed by atoms with van der Waals surface area (Å²) in [4.78, 5) is 12.9. The van der Waals surface area contributed by atoms with Crippen LogP contribution in [0.1, 0.15) is 38.8 Å². The van der Waals surface area contributed by atoms with Crippen LogP contribution in [0.5, 0.6) is 5.75 Å². The fraction of sp³-hybridized carbons (Fsp3) is 0.348. The van der Waals surface area contributed by atoms with Gasteiger partial charge in [0, 0.05) is 29.6 Å². The van der Waals surface area contributed by atoms with Crippen molar-refractivity contribution in [2.24, 2.45) is 0 Å². The summed E-state index contributed by atoms with van der Waals surface area (Å²) in [5, 5.41) is 13.9. The van der Waals surface area contributed by atoms with Crippen molar-refractivity contribution in [2.75, 3.05) is 0 Å². The summed E-state index contributed by atoms with van der Waals surface area (Å²) in [6.07, 6.45) is 11.7. The minimum atomic E-state index is -1.03. The van der Waals surface area contributed by atoms with Crippen LogP contribution < -0.4 is 5.32 Å². The zero-order valence-electron chi connectivity index (χ0n) is 17.0. The van der Waals surface area contributed by atoms with Crippen molar-refractivity contribution < 1.29 is 9.50 Å². The van der Waals surface area contributed by atoms with Crippen LogP contribution in [0.25, 0.3) is 23.0 Å². The van der Waals surface area contributed by atoms with Gasteiger partial charge in [-0.15, -0.1) is 0 Å². The number of halogens is 1. The number of piperidine rings is 1. The summed E-state index contributed by atoms with van der Waals surface area (Å²) in [5.41, 5.74) is 2.79. The Morgan fingerprint density at radius 1 is 1.23 bits per heavy atom. The van der Waals surface area contributed by atoms with Crippen molar-refractivity contribution in [2.45, 2.75) is 50.4 Å². The number of aromatic nitrogens is 4. The normalized spacial score (nSPS) is 29.4. The molecule has 0 aliphatic carbocycles. The fourth-order valence-corrected chi connectivity index (χ4v) is 4.80. The summed E-state index contributed by atoms with van der Waals surface area (Å²) in [5.74, 6) is 0.112. The summed E-state index contributed by atoms with van der Waals surface area (Å²) >= 11 is 0. The monoisotopic (exact) mass is 405 g/mol. The van der Waals surface area contributed by atoms with E-state index >= 15 is 4.39 Å². The number of benzene rings is 1. The second kappa shape index (κ2) is 6.74. The molecule has 2 aliphatic heterocycles. The Hall–Kier alpha value is -3.06. The van der Waals surface area contributed by atoms with E-state index in [9.17, 15) is 5.11 Å². The second-order valence-electron chi connectivity index (χ2n) is 8.86. The van der Waals surface area contributed by atoms with Crippen LogP contribution in [-0.2, 0) is 0 Å². The summed E-state index contributed by atoms with van der Waals surface area (Å²) in [7, 11) is 0. The van der Waals surface area contributed by atoms with Gasteiger partial charge < -0.3 is 15.0 Å². The van der Waals surface area contributed by atoms with Gasteiger partial charge in [0.1, 0.15) is 11.9 Å². The molecular weight excluding hydrogens is 381 g/mol. The molecule has 2 saturated heterocycles. The van der Waals surface area contributed by atoms with Crippen LogP contribution in [0.15, 0.2) is 54.9 Å². The lowest BCUT2D eigenvalue weighted by Gasteiger charge is -2.41. The maximum absolute atomic E-state index is 15.1. The predicted octanol–water partition coefficient (Wildman–Crippen LogP) is 4.06. The highest BCUT2D eigenvalue weighted by Crippen LogP contribution is 2.46. The maximum Gasteiger partial charge on any atom is 0.139 e. The van der Waals surface area contributed by atoms with Crippen LogP contribution >= 0.6 is 0 Å². The molecule has 30 heavy (non-hydrogen) atoms. The van der Waals surface area contributed by atoms with Crippen LogP contribution in [-0.4, -0.2) is 41.9 Å². The highest BCUT2D eigenvalue weighted by atomic mass is 19.1. The van der Waals surface area contributed by atoms with E-state index < -0.39 is 11.7 Å². The number of nitrogens with zero attached hydrogens (tertiary/aromatic N) is 4. The van der Waals surface area contributed by atoms with Gasteiger partial charge in [0.2, 0.25) is 0 Å². The molecule has 6 nitrogen and oxygen atoms in total. The summed E-state index contributed by atoms with van der Waals surface area (Å²) < 4.78 is 16.9. The van der Waals surface area contributed by atoms with Crippen LogP contribution in [0.2, 0.25) is 0 Å². The zero-order valence-corrected chi connectivity index (χ0v) is 17.0. The van der Waals surface area contributed by atoms with E-state index in [1.165, 1.54) is 0 Å². The molecule has 7 heteroatoms. The van der Waals surface area contributed by atoms with Crippen LogP contribution in [0.3, 0.4) is 0 Å². The molecule has 4 heterocycles. The molecule has 0 saturated carbocycles. The SMILES string of the molecule is C[C@@]12CC[C@@](C)(N1)[C@@H](F)/C(=C\c1cnc(-c3ccc(-n4ccnc4)cc3O)cn1)C2. The van der Waals surface area contributed by atoms with E-state index in [0.29, 0.717) is 23.4 Å². The number of phenols is 1. The van der Waals surface area contributed by atoms with Gasteiger partial charge in [-0.3, -0.25) is 9.97 Å². The highest BCUT2D eigenvalue weighted by molar-refractivity contribution is 5.68. The van der Waals surface area contributed by atoms with Gasteiger partial charge in [-0.2, -0.15) is 0 Å². The molecule has 2 aromatic heterocycles. The number of alkyl halides is 1. The zero-order chi connectivity index (χ0) is 20.9. The molecule has 2 aliphatic rings. The molecule has 0 amide bonds. The molecule has 2 bridgehead atoms.